The average Bonchev–Trinajstić information content (AvgIpc) is 3.20. The van der Waals surface area contributed by atoms with Crippen LogP contribution in [-0.4, -0.2) is 15.1 Å². The first kappa shape index (κ1) is 15.5. The van der Waals surface area contributed by atoms with Gasteiger partial charge in [0.15, 0.2) is 5.21 Å². The standard InChI is InChI=1S/C23H17N4/c1-3-10-19(11-4-1)23-24-25-27(21-13-5-2-6-14-21)26(23)22-16-15-18-9-7-8-12-20(18)17-22/h1-17H/q+1. The van der Waals surface area contributed by atoms with Gasteiger partial charge in [-0.3, -0.25) is 0 Å². The fourth-order valence-corrected chi connectivity index (χ4v) is 3.29. The molecule has 5 aromatic rings. The van der Waals surface area contributed by atoms with Crippen molar-refractivity contribution >= 4 is 10.8 Å². The molecule has 0 aliphatic rings. The summed E-state index contributed by atoms with van der Waals surface area (Å²) in [5.41, 5.74) is 2.99. The lowest BCUT2D eigenvalue weighted by molar-refractivity contribution is -0.669. The average molecular weight is 349 g/mol. The highest BCUT2D eigenvalue weighted by Gasteiger charge is 2.25. The van der Waals surface area contributed by atoms with E-state index in [1.165, 1.54) is 10.8 Å². The minimum absolute atomic E-state index is 0.801. The molecule has 0 saturated carbocycles. The maximum absolute atomic E-state index is 4.50. The molecule has 0 spiro atoms. The van der Waals surface area contributed by atoms with Crippen LogP contribution in [0, 0.1) is 0 Å². The molecule has 0 bridgehead atoms. The number of hydrogen-bond donors (Lipinski definition) is 0. The van der Waals surface area contributed by atoms with Crippen molar-refractivity contribution in [3.8, 4) is 22.8 Å². The minimum Gasteiger partial charge on any atom is -0.115 e. The molecule has 0 aliphatic heterocycles. The van der Waals surface area contributed by atoms with Crippen molar-refractivity contribution in [2.75, 3.05) is 0 Å². The van der Waals surface area contributed by atoms with Crippen LogP contribution in [0.15, 0.2) is 103 Å². The van der Waals surface area contributed by atoms with Gasteiger partial charge < -0.3 is 0 Å². The van der Waals surface area contributed by atoms with Crippen LogP contribution < -0.4 is 4.68 Å². The number of aromatic nitrogens is 4. The molecule has 1 aromatic heterocycles. The van der Waals surface area contributed by atoms with E-state index in [1.54, 1.807) is 0 Å². The Kier molecular flexibility index (Phi) is 3.72. The fraction of sp³-hybridized carbons (Fsp3) is 0. The van der Waals surface area contributed by atoms with Crippen LogP contribution in [0.4, 0.5) is 0 Å². The van der Waals surface area contributed by atoms with Gasteiger partial charge in [-0.15, -0.1) is 4.68 Å². The SMILES string of the molecule is c1ccc(-c2nnn(-c3ccccc3)[n+]2-c2ccc3ccccc3c2)cc1. The molecule has 0 unspecified atom stereocenters. The van der Waals surface area contributed by atoms with Gasteiger partial charge in [0, 0.05) is 0 Å². The molecule has 0 amide bonds. The lowest BCUT2D eigenvalue weighted by atomic mass is 10.1. The molecule has 0 N–H and O–H groups in total. The van der Waals surface area contributed by atoms with Crippen molar-refractivity contribution in [1.82, 2.24) is 15.1 Å². The van der Waals surface area contributed by atoms with Gasteiger partial charge >= 0.3 is 5.82 Å². The number of nitrogens with zero attached hydrogens (tertiary/aromatic N) is 4. The zero-order chi connectivity index (χ0) is 18.1. The lowest BCUT2D eigenvalue weighted by Crippen LogP contribution is -2.42. The van der Waals surface area contributed by atoms with Gasteiger partial charge in [-0.05, 0) is 52.0 Å². The smallest absolute Gasteiger partial charge is 0.115 e. The first-order valence-electron chi connectivity index (χ1n) is 8.88. The van der Waals surface area contributed by atoms with E-state index in [0.717, 1.165) is 22.8 Å². The third-order valence-electron chi connectivity index (χ3n) is 4.61. The van der Waals surface area contributed by atoms with Crippen molar-refractivity contribution < 1.29 is 4.68 Å². The largest absolute Gasteiger partial charge is 0.337 e. The number of hydrogen-bond acceptors (Lipinski definition) is 2. The summed E-state index contributed by atoms with van der Waals surface area (Å²) in [5, 5.41) is 11.3. The molecule has 0 aliphatic carbocycles. The number of benzene rings is 4. The maximum atomic E-state index is 4.50. The Balaban J connectivity index is 1.78. The van der Waals surface area contributed by atoms with Gasteiger partial charge in [-0.2, -0.15) is 0 Å². The second-order valence-corrected chi connectivity index (χ2v) is 6.35. The van der Waals surface area contributed by atoms with E-state index in [9.17, 15) is 0 Å². The first-order valence-corrected chi connectivity index (χ1v) is 8.88. The van der Waals surface area contributed by atoms with Crippen molar-refractivity contribution in [1.29, 1.82) is 0 Å². The van der Waals surface area contributed by atoms with E-state index in [-0.39, 0.29) is 0 Å². The van der Waals surface area contributed by atoms with Crippen LogP contribution in [0.5, 0.6) is 0 Å². The van der Waals surface area contributed by atoms with Crippen LogP contribution in [0.1, 0.15) is 0 Å². The summed E-state index contributed by atoms with van der Waals surface area (Å²) in [6.45, 7) is 0. The van der Waals surface area contributed by atoms with Crippen molar-refractivity contribution in [3.05, 3.63) is 103 Å². The molecule has 0 fully saturated rings. The Bertz CT molecular complexity index is 1150. The quantitative estimate of drug-likeness (QED) is 0.454. The van der Waals surface area contributed by atoms with Crippen molar-refractivity contribution in [2.24, 2.45) is 0 Å². The summed E-state index contributed by atoms with van der Waals surface area (Å²) in [7, 11) is 0. The van der Waals surface area contributed by atoms with Gasteiger partial charge in [0.05, 0.1) is 5.56 Å². The van der Waals surface area contributed by atoms with Crippen molar-refractivity contribution in [2.45, 2.75) is 0 Å². The van der Waals surface area contributed by atoms with Crippen molar-refractivity contribution in [3.63, 3.8) is 0 Å². The molecule has 4 aromatic carbocycles. The van der Waals surface area contributed by atoms with E-state index in [1.807, 2.05) is 53.3 Å². The predicted molar refractivity (Wildman–Crippen MR) is 106 cm³/mol. The summed E-state index contributed by atoms with van der Waals surface area (Å²) in [4.78, 5) is 1.84. The Morgan fingerprint density at radius 1 is 0.630 bits per heavy atom. The van der Waals surface area contributed by atoms with Crippen LogP contribution in [0.3, 0.4) is 0 Å². The van der Waals surface area contributed by atoms with Crippen LogP contribution in [0.25, 0.3) is 33.5 Å². The molecule has 5 rings (SSSR count). The van der Waals surface area contributed by atoms with Crippen LogP contribution in [0.2, 0.25) is 0 Å². The van der Waals surface area contributed by atoms with Crippen LogP contribution in [-0.2, 0) is 0 Å². The topological polar surface area (TPSA) is 34.6 Å². The molecule has 0 atom stereocenters. The third kappa shape index (κ3) is 2.77. The van der Waals surface area contributed by atoms with Crippen LogP contribution >= 0.6 is 0 Å². The number of rotatable bonds is 3. The number of tetrazole rings is 1. The number of para-hydroxylation sites is 1. The van der Waals surface area contributed by atoms with Gasteiger partial charge in [0.1, 0.15) is 16.5 Å². The Hall–Kier alpha value is -3.79. The highest BCUT2D eigenvalue weighted by molar-refractivity contribution is 5.83. The summed E-state index contributed by atoms with van der Waals surface area (Å²) in [6, 6.07) is 35.0. The fourth-order valence-electron chi connectivity index (χ4n) is 3.29. The second kappa shape index (κ2) is 6.50. The summed E-state index contributed by atoms with van der Waals surface area (Å²) >= 11 is 0. The lowest BCUT2D eigenvalue weighted by Gasteiger charge is -2.06. The Morgan fingerprint density at radius 3 is 2.07 bits per heavy atom. The molecule has 4 heteroatoms. The summed E-state index contributed by atoms with van der Waals surface area (Å²) in [5.74, 6) is 0.801. The zero-order valence-corrected chi connectivity index (χ0v) is 14.6. The summed E-state index contributed by atoms with van der Waals surface area (Å²) in [6.07, 6.45) is 0. The van der Waals surface area contributed by atoms with E-state index < -0.39 is 0 Å². The predicted octanol–water partition coefficient (Wildman–Crippen LogP) is 4.36. The van der Waals surface area contributed by atoms with E-state index in [0.29, 0.717) is 0 Å². The van der Waals surface area contributed by atoms with Gasteiger partial charge in [0.2, 0.25) is 0 Å². The molecule has 1 heterocycles. The number of fused-ring (bicyclic) bond motifs is 1. The maximum Gasteiger partial charge on any atom is 0.337 e. The van der Waals surface area contributed by atoms with Gasteiger partial charge in [-0.1, -0.05) is 66.7 Å². The molecule has 0 radical (unpaired) electrons. The monoisotopic (exact) mass is 349 g/mol. The first-order chi connectivity index (χ1) is 13.4. The zero-order valence-electron chi connectivity index (χ0n) is 14.6. The molecule has 27 heavy (non-hydrogen) atoms. The molecular weight excluding hydrogens is 332 g/mol. The van der Waals surface area contributed by atoms with E-state index in [4.69, 9.17) is 0 Å². The third-order valence-corrected chi connectivity index (χ3v) is 4.61. The Labute approximate surface area is 156 Å². The molecule has 128 valence electrons. The van der Waals surface area contributed by atoms with E-state index in [2.05, 4.69) is 69.6 Å². The second-order valence-electron chi connectivity index (χ2n) is 6.35. The van der Waals surface area contributed by atoms with Gasteiger partial charge in [0.25, 0.3) is 0 Å². The molecule has 0 saturated heterocycles. The summed E-state index contributed by atoms with van der Waals surface area (Å²) < 4.78 is 2.05. The normalized spacial score (nSPS) is 11.0. The highest BCUT2D eigenvalue weighted by atomic mass is 15.6. The van der Waals surface area contributed by atoms with Gasteiger partial charge in [-0.25, -0.2) is 0 Å². The van der Waals surface area contributed by atoms with E-state index >= 15 is 0 Å². The highest BCUT2D eigenvalue weighted by Crippen LogP contribution is 2.19. The Morgan fingerprint density at radius 2 is 1.30 bits per heavy atom. The molecule has 4 nitrogen and oxygen atoms in total. The minimum atomic E-state index is 0.801. The molecular formula is C23H17N4+.